The number of amides is 1. The lowest BCUT2D eigenvalue weighted by Gasteiger charge is -2.37. The Bertz CT molecular complexity index is 601. The van der Waals surface area contributed by atoms with E-state index in [0.717, 1.165) is 24.8 Å². The van der Waals surface area contributed by atoms with Gasteiger partial charge in [-0.1, -0.05) is 49.6 Å². The molecule has 0 radical (unpaired) electrons. The van der Waals surface area contributed by atoms with Crippen molar-refractivity contribution >= 4 is 11.7 Å². The molecule has 1 aromatic rings. The molecule has 1 spiro atoms. The summed E-state index contributed by atoms with van der Waals surface area (Å²) in [5.41, 5.74) is 0.308. The van der Waals surface area contributed by atoms with Crippen molar-refractivity contribution < 1.29 is 9.59 Å². The van der Waals surface area contributed by atoms with Crippen LogP contribution in [-0.2, 0) is 9.59 Å². The Morgan fingerprint density at radius 1 is 1.09 bits per heavy atom. The second-order valence-electron chi connectivity index (χ2n) is 6.30. The lowest BCUT2D eigenvalue weighted by molar-refractivity contribution is -0.142. The van der Waals surface area contributed by atoms with Crippen molar-refractivity contribution in [2.75, 3.05) is 0 Å². The van der Waals surface area contributed by atoms with Gasteiger partial charge in [0.05, 0.1) is 0 Å². The molecule has 2 N–H and O–H groups in total. The van der Waals surface area contributed by atoms with Crippen LogP contribution in [0.15, 0.2) is 42.2 Å². The smallest absolute Gasteiger partial charge is 0.239 e. The van der Waals surface area contributed by atoms with Crippen LogP contribution in [0.2, 0.25) is 0 Å². The Balaban J connectivity index is 1.75. The Morgan fingerprint density at radius 3 is 2.41 bits per heavy atom. The third kappa shape index (κ3) is 2.65. The van der Waals surface area contributed by atoms with Crippen molar-refractivity contribution in [1.29, 1.82) is 0 Å². The molecule has 0 unspecified atom stereocenters. The molecule has 0 aromatic heterocycles. The maximum absolute atomic E-state index is 12.5. The first-order valence-electron chi connectivity index (χ1n) is 8.01. The van der Waals surface area contributed by atoms with E-state index >= 15 is 0 Å². The Hall–Kier alpha value is -2.10. The molecule has 1 saturated carbocycles. The van der Waals surface area contributed by atoms with Gasteiger partial charge in [0.15, 0.2) is 5.78 Å². The number of ketones is 1. The second-order valence-corrected chi connectivity index (χ2v) is 6.30. The van der Waals surface area contributed by atoms with Gasteiger partial charge >= 0.3 is 0 Å². The highest BCUT2D eigenvalue weighted by molar-refractivity contribution is 6.14. The van der Waals surface area contributed by atoms with Crippen LogP contribution < -0.4 is 10.6 Å². The molecular weight excluding hydrogens is 276 g/mol. The number of hydrogen-bond acceptors (Lipinski definition) is 3. The topological polar surface area (TPSA) is 58.2 Å². The Morgan fingerprint density at radius 2 is 1.77 bits per heavy atom. The summed E-state index contributed by atoms with van der Waals surface area (Å²) in [6.07, 6.45) is 5.95. The van der Waals surface area contributed by atoms with Crippen LogP contribution in [0, 0.1) is 5.41 Å². The van der Waals surface area contributed by atoms with Crippen LogP contribution in [0.3, 0.4) is 0 Å². The van der Waals surface area contributed by atoms with Crippen LogP contribution in [0.25, 0.3) is 0 Å². The van der Waals surface area contributed by atoms with Gasteiger partial charge in [0.2, 0.25) is 5.91 Å². The summed E-state index contributed by atoms with van der Waals surface area (Å²) >= 11 is 0. The fourth-order valence-electron chi connectivity index (χ4n) is 3.42. The molecule has 1 aliphatic heterocycles. The van der Waals surface area contributed by atoms with Gasteiger partial charge in [-0.25, -0.2) is 0 Å². The molecule has 116 valence electrons. The molecule has 1 amide bonds. The highest BCUT2D eigenvalue weighted by Crippen LogP contribution is 2.39. The number of carbonyl (C=O) groups excluding carboxylic acids is 2. The zero-order chi connectivity index (χ0) is 15.6. The third-order valence-corrected chi connectivity index (χ3v) is 4.81. The van der Waals surface area contributed by atoms with Crippen molar-refractivity contribution in [1.82, 2.24) is 10.6 Å². The number of rotatable bonds is 3. The van der Waals surface area contributed by atoms with Crippen molar-refractivity contribution in [3.05, 3.63) is 47.8 Å². The van der Waals surface area contributed by atoms with Gasteiger partial charge in [-0.3, -0.25) is 9.59 Å². The van der Waals surface area contributed by atoms with Gasteiger partial charge in [0.25, 0.3) is 0 Å². The van der Waals surface area contributed by atoms with Crippen LogP contribution in [0.1, 0.15) is 50.6 Å². The first-order valence-corrected chi connectivity index (χ1v) is 8.01. The summed E-state index contributed by atoms with van der Waals surface area (Å²) in [5.74, 6) is 0.337. The van der Waals surface area contributed by atoms with E-state index in [1.54, 1.807) is 6.08 Å². The van der Waals surface area contributed by atoms with E-state index in [1.165, 1.54) is 0 Å². The van der Waals surface area contributed by atoms with Crippen molar-refractivity contribution in [2.45, 2.75) is 45.1 Å². The van der Waals surface area contributed by atoms with E-state index in [1.807, 2.05) is 37.3 Å². The van der Waals surface area contributed by atoms with Crippen molar-refractivity contribution in [2.24, 2.45) is 5.41 Å². The van der Waals surface area contributed by atoms with Gasteiger partial charge in [-0.05, 0) is 25.3 Å². The molecular formula is C18H22N2O2. The molecule has 0 bridgehead atoms. The zero-order valence-electron chi connectivity index (χ0n) is 12.9. The van der Waals surface area contributed by atoms with E-state index in [0.29, 0.717) is 18.7 Å². The summed E-state index contributed by atoms with van der Waals surface area (Å²) < 4.78 is 0. The van der Waals surface area contributed by atoms with Crippen LogP contribution >= 0.6 is 0 Å². The van der Waals surface area contributed by atoms with E-state index in [4.69, 9.17) is 0 Å². The first kappa shape index (κ1) is 14.8. The second kappa shape index (κ2) is 5.95. The Kier molecular flexibility index (Phi) is 4.01. The van der Waals surface area contributed by atoms with Gasteiger partial charge in [0.1, 0.15) is 11.2 Å². The minimum atomic E-state index is -0.806. The average Bonchev–Trinajstić information content (AvgIpc) is 2.54. The van der Waals surface area contributed by atoms with Gasteiger partial charge in [-0.2, -0.15) is 0 Å². The van der Waals surface area contributed by atoms with E-state index in [2.05, 4.69) is 10.6 Å². The van der Waals surface area contributed by atoms with Gasteiger partial charge in [-0.15, -0.1) is 0 Å². The number of hydrogen-bond donors (Lipinski definition) is 2. The molecule has 2 aliphatic rings. The summed E-state index contributed by atoms with van der Waals surface area (Å²) in [7, 11) is 0. The highest BCUT2D eigenvalue weighted by atomic mass is 16.2. The molecule has 4 heteroatoms. The van der Waals surface area contributed by atoms with Crippen molar-refractivity contribution in [3.63, 3.8) is 0 Å². The maximum atomic E-state index is 12.5. The number of benzene rings is 1. The molecule has 0 saturated heterocycles. The summed E-state index contributed by atoms with van der Waals surface area (Å²) in [6.45, 7) is 2.01. The van der Waals surface area contributed by atoms with Gasteiger partial charge in [0, 0.05) is 12.1 Å². The van der Waals surface area contributed by atoms with E-state index in [9.17, 15) is 9.59 Å². The van der Waals surface area contributed by atoms with Gasteiger partial charge < -0.3 is 10.6 Å². The van der Waals surface area contributed by atoms with Crippen LogP contribution in [0.5, 0.6) is 0 Å². The lowest BCUT2D eigenvalue weighted by Crippen LogP contribution is -2.52. The van der Waals surface area contributed by atoms with Crippen LogP contribution in [0.4, 0.5) is 0 Å². The predicted molar refractivity (Wildman–Crippen MR) is 84.7 cm³/mol. The summed E-state index contributed by atoms with van der Waals surface area (Å²) in [5, 5.41) is 6.12. The quantitative estimate of drug-likeness (QED) is 0.844. The SMILES string of the molecule is C[C@H](NC1=CC(=O)C2(CCCCC2)C(=O)N1)c1ccccc1. The molecule has 1 heterocycles. The molecule has 22 heavy (non-hydrogen) atoms. The molecule has 1 atom stereocenters. The minimum Gasteiger partial charge on any atom is -0.365 e. The third-order valence-electron chi connectivity index (χ3n) is 4.81. The van der Waals surface area contributed by atoms with E-state index < -0.39 is 5.41 Å². The zero-order valence-corrected chi connectivity index (χ0v) is 12.9. The standard InChI is InChI=1S/C18H22N2O2/c1-13(14-8-4-2-5-9-14)19-16-12-15(21)18(17(22)20-16)10-6-3-7-11-18/h2,4-5,8-9,12-13,19H,3,6-7,10-11H2,1H3,(H,20,22)/t13-/m0/s1. The molecule has 1 aromatic carbocycles. The average molecular weight is 298 g/mol. The fourth-order valence-corrected chi connectivity index (χ4v) is 3.42. The monoisotopic (exact) mass is 298 g/mol. The predicted octanol–water partition coefficient (Wildman–Crippen LogP) is 2.83. The fraction of sp³-hybridized carbons (Fsp3) is 0.444. The van der Waals surface area contributed by atoms with Crippen molar-refractivity contribution in [3.8, 4) is 0 Å². The normalized spacial score (nSPS) is 22.0. The minimum absolute atomic E-state index is 0.0287. The summed E-state index contributed by atoms with van der Waals surface area (Å²) in [6, 6.07) is 9.99. The Labute approximate surface area is 131 Å². The number of nitrogens with one attached hydrogen (secondary N) is 2. The highest BCUT2D eigenvalue weighted by Gasteiger charge is 2.47. The number of allylic oxidation sites excluding steroid dienone is 1. The lowest BCUT2D eigenvalue weighted by atomic mass is 9.69. The molecule has 1 aliphatic carbocycles. The van der Waals surface area contributed by atoms with E-state index in [-0.39, 0.29) is 17.7 Å². The van der Waals surface area contributed by atoms with Crippen LogP contribution in [-0.4, -0.2) is 11.7 Å². The molecule has 1 fully saturated rings. The molecule has 4 nitrogen and oxygen atoms in total. The maximum Gasteiger partial charge on any atom is 0.239 e. The molecule has 3 rings (SSSR count). The summed E-state index contributed by atoms with van der Waals surface area (Å²) in [4.78, 5) is 25.0. The number of carbonyl (C=O) groups is 2. The first-order chi connectivity index (χ1) is 10.6. The largest absolute Gasteiger partial charge is 0.365 e.